The highest BCUT2D eigenvalue weighted by Gasteiger charge is 2.28. The molecule has 0 amide bonds. The average Bonchev–Trinajstić information content (AvgIpc) is 3.68. The van der Waals surface area contributed by atoms with Crippen LogP contribution in [-0.4, -0.2) is 53.4 Å². The Bertz CT molecular complexity index is 1720. The zero-order valence-electron chi connectivity index (χ0n) is 21.1. The van der Waals surface area contributed by atoms with Crippen LogP contribution in [0.4, 0.5) is 5.95 Å². The van der Waals surface area contributed by atoms with Crippen LogP contribution in [0.1, 0.15) is 29.5 Å². The summed E-state index contributed by atoms with van der Waals surface area (Å²) in [6, 6.07) is 23.7. The molecule has 1 aliphatic rings. The van der Waals surface area contributed by atoms with Crippen molar-refractivity contribution in [3.8, 4) is 11.6 Å². The van der Waals surface area contributed by atoms with E-state index in [1.807, 2.05) is 10.7 Å². The van der Waals surface area contributed by atoms with E-state index >= 15 is 0 Å². The summed E-state index contributed by atoms with van der Waals surface area (Å²) in [4.78, 5) is 11.9. The predicted molar refractivity (Wildman–Crippen MR) is 146 cm³/mol. The van der Waals surface area contributed by atoms with Gasteiger partial charge in [-0.15, -0.1) is 5.10 Å². The third-order valence-electron chi connectivity index (χ3n) is 7.63. The second kappa shape index (κ2) is 9.11. The standard InChI is InChI=1S/C29H28N8O/c1-19-16-21-10-5-6-11-22(21)24(20-8-3-2-4-9-20)18-35(19)13-14-36-27-23(17-31-36)28-32-26(25-12-7-15-38-25)34-37(28)29(30)33-27/h2-12,15,17,19,24H,13-14,16,18H2,1H3,(H2,30,33)/t19-,24-/m1/s1. The van der Waals surface area contributed by atoms with Crippen LogP contribution in [0.2, 0.25) is 0 Å². The van der Waals surface area contributed by atoms with Crippen LogP contribution in [-0.2, 0) is 13.0 Å². The van der Waals surface area contributed by atoms with E-state index in [9.17, 15) is 0 Å². The Morgan fingerprint density at radius 1 is 0.947 bits per heavy atom. The number of furan rings is 1. The van der Waals surface area contributed by atoms with Crippen LogP contribution in [0.5, 0.6) is 0 Å². The number of hydrogen-bond acceptors (Lipinski definition) is 7. The first kappa shape index (κ1) is 22.7. The second-order valence-corrected chi connectivity index (χ2v) is 9.93. The zero-order chi connectivity index (χ0) is 25.6. The largest absolute Gasteiger partial charge is 0.461 e. The lowest BCUT2D eigenvalue weighted by molar-refractivity contribution is 0.199. The Balaban J connectivity index is 1.19. The minimum absolute atomic E-state index is 0.266. The highest BCUT2D eigenvalue weighted by atomic mass is 16.3. The van der Waals surface area contributed by atoms with E-state index in [2.05, 4.69) is 86.6 Å². The van der Waals surface area contributed by atoms with Crippen molar-refractivity contribution in [2.45, 2.75) is 31.8 Å². The van der Waals surface area contributed by atoms with Gasteiger partial charge in [0, 0.05) is 25.0 Å². The number of rotatable bonds is 5. The fourth-order valence-electron chi connectivity index (χ4n) is 5.66. The smallest absolute Gasteiger partial charge is 0.225 e. The summed E-state index contributed by atoms with van der Waals surface area (Å²) >= 11 is 0. The average molecular weight is 505 g/mol. The summed E-state index contributed by atoms with van der Waals surface area (Å²) in [5.41, 5.74) is 11.8. The molecular weight excluding hydrogens is 476 g/mol. The first-order chi connectivity index (χ1) is 18.7. The van der Waals surface area contributed by atoms with E-state index in [1.54, 1.807) is 23.0 Å². The first-order valence-electron chi connectivity index (χ1n) is 12.9. The van der Waals surface area contributed by atoms with E-state index in [0.29, 0.717) is 41.4 Å². The Labute approximate surface area is 219 Å². The number of benzene rings is 2. The molecule has 9 nitrogen and oxygen atoms in total. The fraction of sp³-hybridized carbons (Fsp3) is 0.241. The van der Waals surface area contributed by atoms with Crippen molar-refractivity contribution in [1.29, 1.82) is 0 Å². The second-order valence-electron chi connectivity index (χ2n) is 9.93. The molecule has 1 aliphatic heterocycles. The van der Waals surface area contributed by atoms with Gasteiger partial charge in [-0.05, 0) is 42.2 Å². The van der Waals surface area contributed by atoms with Crippen LogP contribution in [0.25, 0.3) is 28.3 Å². The van der Waals surface area contributed by atoms with Gasteiger partial charge >= 0.3 is 0 Å². The normalized spacial score (nSPS) is 18.1. The van der Waals surface area contributed by atoms with E-state index in [1.165, 1.54) is 16.7 Å². The minimum atomic E-state index is 0.266. The lowest BCUT2D eigenvalue weighted by Crippen LogP contribution is -2.38. The molecule has 7 rings (SSSR count). The number of anilines is 1. The van der Waals surface area contributed by atoms with Crippen molar-refractivity contribution in [1.82, 2.24) is 34.3 Å². The molecule has 0 radical (unpaired) electrons. The van der Waals surface area contributed by atoms with Gasteiger partial charge in [0.1, 0.15) is 0 Å². The van der Waals surface area contributed by atoms with Crippen molar-refractivity contribution in [3.05, 3.63) is 95.9 Å². The Hall–Kier alpha value is -4.50. The molecule has 9 heteroatoms. The number of fused-ring (bicyclic) bond motifs is 4. The van der Waals surface area contributed by atoms with Crippen LogP contribution in [0.15, 0.2) is 83.6 Å². The molecule has 2 N–H and O–H groups in total. The summed E-state index contributed by atoms with van der Waals surface area (Å²) in [7, 11) is 0. The molecule has 0 fully saturated rings. The van der Waals surface area contributed by atoms with Gasteiger partial charge in [-0.1, -0.05) is 54.6 Å². The van der Waals surface area contributed by atoms with Gasteiger partial charge in [-0.25, -0.2) is 9.67 Å². The fourth-order valence-corrected chi connectivity index (χ4v) is 5.66. The Kier molecular flexibility index (Phi) is 5.44. The van der Waals surface area contributed by atoms with Crippen molar-refractivity contribution >= 4 is 22.6 Å². The molecule has 0 unspecified atom stereocenters. The number of nitrogens with two attached hydrogens (primary N) is 1. The van der Waals surface area contributed by atoms with Gasteiger partial charge in [0.25, 0.3) is 0 Å². The lowest BCUT2D eigenvalue weighted by atomic mass is 9.88. The van der Waals surface area contributed by atoms with Crippen molar-refractivity contribution in [3.63, 3.8) is 0 Å². The highest BCUT2D eigenvalue weighted by molar-refractivity contribution is 5.90. The number of nitrogen functional groups attached to an aromatic ring is 1. The maximum absolute atomic E-state index is 6.30. The molecule has 4 aromatic heterocycles. The summed E-state index contributed by atoms with van der Waals surface area (Å²) in [5, 5.41) is 9.97. The third kappa shape index (κ3) is 3.83. The predicted octanol–water partition coefficient (Wildman–Crippen LogP) is 4.39. The van der Waals surface area contributed by atoms with Crippen molar-refractivity contribution < 1.29 is 4.42 Å². The maximum Gasteiger partial charge on any atom is 0.225 e. The van der Waals surface area contributed by atoms with Gasteiger partial charge in [0.05, 0.1) is 24.4 Å². The lowest BCUT2D eigenvalue weighted by Gasteiger charge is -2.29. The number of hydrogen-bond donors (Lipinski definition) is 1. The number of nitrogens with zero attached hydrogens (tertiary/aromatic N) is 7. The molecule has 0 spiro atoms. The molecule has 0 aliphatic carbocycles. The summed E-state index contributed by atoms with van der Waals surface area (Å²) < 4.78 is 8.94. The summed E-state index contributed by atoms with van der Waals surface area (Å²) in [6.45, 7) is 4.79. The molecule has 5 heterocycles. The van der Waals surface area contributed by atoms with Gasteiger partial charge in [-0.2, -0.15) is 14.6 Å². The van der Waals surface area contributed by atoms with Crippen LogP contribution in [0.3, 0.4) is 0 Å². The highest BCUT2D eigenvalue weighted by Crippen LogP contribution is 2.33. The van der Waals surface area contributed by atoms with Crippen LogP contribution >= 0.6 is 0 Å². The van der Waals surface area contributed by atoms with E-state index in [4.69, 9.17) is 10.2 Å². The maximum atomic E-state index is 6.30. The van der Waals surface area contributed by atoms with Crippen molar-refractivity contribution in [2.75, 3.05) is 18.8 Å². The quantitative estimate of drug-likeness (QED) is 0.371. The molecule has 2 atom stereocenters. The van der Waals surface area contributed by atoms with E-state index < -0.39 is 0 Å². The monoisotopic (exact) mass is 504 g/mol. The van der Waals surface area contributed by atoms with E-state index in [-0.39, 0.29) is 5.95 Å². The minimum Gasteiger partial charge on any atom is -0.461 e. The van der Waals surface area contributed by atoms with Crippen molar-refractivity contribution in [2.24, 2.45) is 0 Å². The molecule has 190 valence electrons. The topological polar surface area (TPSA) is 103 Å². The Morgan fingerprint density at radius 3 is 2.63 bits per heavy atom. The zero-order valence-corrected chi connectivity index (χ0v) is 21.1. The molecule has 0 bridgehead atoms. The van der Waals surface area contributed by atoms with E-state index in [0.717, 1.165) is 24.9 Å². The molecule has 6 aromatic rings. The van der Waals surface area contributed by atoms with Gasteiger partial charge in [-0.3, -0.25) is 4.90 Å². The van der Waals surface area contributed by atoms with Crippen LogP contribution < -0.4 is 5.73 Å². The Morgan fingerprint density at radius 2 is 1.79 bits per heavy atom. The molecule has 0 saturated heterocycles. The molecule has 2 aromatic carbocycles. The first-order valence-corrected chi connectivity index (χ1v) is 12.9. The number of aromatic nitrogens is 6. The van der Waals surface area contributed by atoms with Gasteiger partial charge < -0.3 is 10.2 Å². The van der Waals surface area contributed by atoms with Gasteiger partial charge in [0.2, 0.25) is 11.8 Å². The van der Waals surface area contributed by atoms with Gasteiger partial charge in [0.15, 0.2) is 17.1 Å². The molecule has 0 saturated carbocycles. The SMILES string of the molecule is C[C@@H]1Cc2ccccc2[C@@H](c2ccccc2)CN1CCn1ncc2c1nc(N)n1nc(-c3ccco3)nc21. The summed E-state index contributed by atoms with van der Waals surface area (Å²) in [5.74, 6) is 1.63. The third-order valence-corrected chi connectivity index (χ3v) is 7.63. The summed E-state index contributed by atoms with van der Waals surface area (Å²) in [6.07, 6.45) is 4.41. The molecular formula is C29H28N8O. The molecule has 38 heavy (non-hydrogen) atoms. The van der Waals surface area contributed by atoms with Crippen LogP contribution in [0, 0.1) is 0 Å².